The van der Waals surface area contributed by atoms with E-state index in [9.17, 15) is 9.59 Å². The number of esters is 1. The van der Waals surface area contributed by atoms with E-state index in [0.717, 1.165) is 25.9 Å². The zero-order valence-electron chi connectivity index (χ0n) is 12.4. The lowest BCUT2D eigenvalue weighted by Crippen LogP contribution is -2.39. The molecule has 0 bridgehead atoms. The van der Waals surface area contributed by atoms with Gasteiger partial charge in [-0.15, -0.1) is 0 Å². The van der Waals surface area contributed by atoms with Gasteiger partial charge in [0.2, 0.25) is 5.91 Å². The number of hydrogen-bond acceptors (Lipinski definition) is 5. The maximum absolute atomic E-state index is 12.3. The Balaban J connectivity index is 2.10. The van der Waals surface area contributed by atoms with Crippen molar-refractivity contribution in [3.05, 3.63) is 23.8 Å². The van der Waals surface area contributed by atoms with E-state index in [0.29, 0.717) is 16.9 Å². The van der Waals surface area contributed by atoms with Crippen molar-refractivity contribution in [2.75, 3.05) is 31.2 Å². The average Bonchev–Trinajstić information content (AvgIpc) is 3.02. The minimum absolute atomic E-state index is 0.0513. The van der Waals surface area contributed by atoms with Gasteiger partial charge in [-0.2, -0.15) is 0 Å². The second-order valence-corrected chi connectivity index (χ2v) is 5.19. The van der Waals surface area contributed by atoms with Crippen LogP contribution in [0.2, 0.25) is 0 Å². The Bertz CT molecular complexity index is 539. The SMILES string of the molecule is COC(=O)c1ccc(N)c(NC(C)C(=O)N2CCCC2)c1. The number of nitrogen functional groups attached to an aromatic ring is 1. The highest BCUT2D eigenvalue weighted by Gasteiger charge is 2.23. The molecule has 1 heterocycles. The molecule has 0 radical (unpaired) electrons. The number of methoxy groups -OCH3 is 1. The molecule has 114 valence electrons. The first-order valence-corrected chi connectivity index (χ1v) is 7.06. The van der Waals surface area contributed by atoms with Crippen molar-refractivity contribution in [2.24, 2.45) is 0 Å². The Morgan fingerprint density at radius 1 is 1.33 bits per heavy atom. The molecular formula is C15H21N3O3. The summed E-state index contributed by atoms with van der Waals surface area (Å²) in [6.07, 6.45) is 2.11. The molecule has 0 saturated carbocycles. The summed E-state index contributed by atoms with van der Waals surface area (Å²) in [5, 5.41) is 3.08. The minimum Gasteiger partial charge on any atom is -0.465 e. The summed E-state index contributed by atoms with van der Waals surface area (Å²) in [7, 11) is 1.32. The van der Waals surface area contributed by atoms with E-state index in [1.54, 1.807) is 25.1 Å². The summed E-state index contributed by atoms with van der Waals surface area (Å²) < 4.78 is 4.68. The summed E-state index contributed by atoms with van der Waals surface area (Å²) >= 11 is 0. The zero-order chi connectivity index (χ0) is 15.4. The fraction of sp³-hybridized carbons (Fsp3) is 0.467. The molecule has 1 amide bonds. The first kappa shape index (κ1) is 15.2. The predicted octanol–water partition coefficient (Wildman–Crippen LogP) is 1.48. The van der Waals surface area contributed by atoms with Gasteiger partial charge in [-0.05, 0) is 38.0 Å². The van der Waals surface area contributed by atoms with Crippen LogP contribution < -0.4 is 11.1 Å². The molecule has 0 spiro atoms. The van der Waals surface area contributed by atoms with Crippen molar-refractivity contribution < 1.29 is 14.3 Å². The highest BCUT2D eigenvalue weighted by Crippen LogP contribution is 2.22. The van der Waals surface area contributed by atoms with Crippen LogP contribution in [0.1, 0.15) is 30.1 Å². The molecule has 2 rings (SSSR count). The molecule has 1 unspecified atom stereocenters. The van der Waals surface area contributed by atoms with Gasteiger partial charge in [0, 0.05) is 13.1 Å². The Morgan fingerprint density at radius 2 is 2.00 bits per heavy atom. The van der Waals surface area contributed by atoms with Crippen LogP contribution in [-0.2, 0) is 9.53 Å². The Morgan fingerprint density at radius 3 is 2.62 bits per heavy atom. The normalized spacial score (nSPS) is 15.6. The van der Waals surface area contributed by atoms with Gasteiger partial charge in [0.15, 0.2) is 0 Å². The number of carbonyl (C=O) groups excluding carboxylic acids is 2. The molecule has 0 aromatic heterocycles. The molecule has 1 aromatic carbocycles. The number of carbonyl (C=O) groups is 2. The van der Waals surface area contributed by atoms with Crippen LogP contribution in [0.3, 0.4) is 0 Å². The lowest BCUT2D eigenvalue weighted by molar-refractivity contribution is -0.130. The molecule has 0 aliphatic carbocycles. The quantitative estimate of drug-likeness (QED) is 0.648. The maximum atomic E-state index is 12.3. The number of anilines is 2. The van der Waals surface area contributed by atoms with Crippen LogP contribution in [0, 0.1) is 0 Å². The van der Waals surface area contributed by atoms with Gasteiger partial charge in [-0.3, -0.25) is 4.79 Å². The summed E-state index contributed by atoms with van der Waals surface area (Å²) in [6, 6.07) is 4.44. The molecule has 1 saturated heterocycles. The van der Waals surface area contributed by atoms with Gasteiger partial charge in [-0.1, -0.05) is 0 Å². The fourth-order valence-corrected chi connectivity index (χ4v) is 2.43. The van der Waals surface area contributed by atoms with Crippen molar-refractivity contribution in [3.63, 3.8) is 0 Å². The molecule has 1 fully saturated rings. The smallest absolute Gasteiger partial charge is 0.337 e. The third-order valence-corrected chi connectivity index (χ3v) is 3.63. The number of nitrogens with one attached hydrogen (secondary N) is 1. The fourth-order valence-electron chi connectivity index (χ4n) is 2.43. The first-order chi connectivity index (χ1) is 10.0. The third kappa shape index (κ3) is 3.45. The van der Waals surface area contributed by atoms with Crippen LogP contribution in [0.25, 0.3) is 0 Å². The van der Waals surface area contributed by atoms with Crippen molar-refractivity contribution in [2.45, 2.75) is 25.8 Å². The van der Waals surface area contributed by atoms with Gasteiger partial charge in [0.1, 0.15) is 6.04 Å². The van der Waals surface area contributed by atoms with E-state index in [4.69, 9.17) is 5.73 Å². The van der Waals surface area contributed by atoms with E-state index < -0.39 is 12.0 Å². The summed E-state index contributed by atoms with van der Waals surface area (Å²) in [4.78, 5) is 25.7. The number of ether oxygens (including phenoxy) is 1. The van der Waals surface area contributed by atoms with Crippen molar-refractivity contribution >= 4 is 23.3 Å². The summed E-state index contributed by atoms with van der Waals surface area (Å²) in [5.74, 6) is -0.382. The van der Waals surface area contributed by atoms with E-state index in [-0.39, 0.29) is 5.91 Å². The largest absolute Gasteiger partial charge is 0.465 e. The highest BCUT2D eigenvalue weighted by atomic mass is 16.5. The Labute approximate surface area is 124 Å². The van der Waals surface area contributed by atoms with Crippen molar-refractivity contribution in [1.29, 1.82) is 0 Å². The van der Waals surface area contributed by atoms with E-state index in [1.165, 1.54) is 7.11 Å². The van der Waals surface area contributed by atoms with Crippen LogP contribution in [0.15, 0.2) is 18.2 Å². The van der Waals surface area contributed by atoms with Crippen LogP contribution in [-0.4, -0.2) is 43.0 Å². The number of rotatable bonds is 4. The molecule has 21 heavy (non-hydrogen) atoms. The topological polar surface area (TPSA) is 84.7 Å². The molecule has 3 N–H and O–H groups in total. The summed E-state index contributed by atoms with van der Waals surface area (Å²) in [6.45, 7) is 3.41. The van der Waals surface area contributed by atoms with Gasteiger partial charge >= 0.3 is 5.97 Å². The minimum atomic E-state index is -0.434. The van der Waals surface area contributed by atoms with Crippen LogP contribution >= 0.6 is 0 Å². The van der Waals surface area contributed by atoms with E-state index in [1.807, 2.05) is 4.90 Å². The standard InChI is InChI=1S/C15H21N3O3/c1-10(14(19)18-7-3-4-8-18)17-13-9-11(15(20)21-2)5-6-12(13)16/h5-6,9-10,17H,3-4,7-8,16H2,1-2H3. The van der Waals surface area contributed by atoms with Crippen molar-refractivity contribution in [3.8, 4) is 0 Å². The lowest BCUT2D eigenvalue weighted by Gasteiger charge is -2.22. The van der Waals surface area contributed by atoms with Crippen LogP contribution in [0.5, 0.6) is 0 Å². The first-order valence-electron chi connectivity index (χ1n) is 7.06. The van der Waals surface area contributed by atoms with Gasteiger partial charge in [0.25, 0.3) is 0 Å². The van der Waals surface area contributed by atoms with Crippen LogP contribution in [0.4, 0.5) is 11.4 Å². The predicted molar refractivity (Wildman–Crippen MR) is 81.1 cm³/mol. The number of amides is 1. The number of likely N-dealkylation sites (tertiary alicyclic amines) is 1. The Kier molecular flexibility index (Phi) is 4.67. The molecule has 6 heteroatoms. The molecule has 1 aromatic rings. The number of benzene rings is 1. The van der Waals surface area contributed by atoms with Crippen molar-refractivity contribution in [1.82, 2.24) is 4.90 Å². The van der Waals surface area contributed by atoms with Gasteiger partial charge < -0.3 is 20.7 Å². The second kappa shape index (κ2) is 6.47. The Hall–Kier alpha value is -2.24. The number of hydrogen-bond donors (Lipinski definition) is 2. The monoisotopic (exact) mass is 291 g/mol. The number of nitrogens with two attached hydrogens (primary N) is 1. The molecular weight excluding hydrogens is 270 g/mol. The molecule has 1 aliphatic heterocycles. The van der Waals surface area contributed by atoms with E-state index in [2.05, 4.69) is 10.1 Å². The zero-order valence-corrected chi connectivity index (χ0v) is 12.4. The maximum Gasteiger partial charge on any atom is 0.337 e. The summed E-state index contributed by atoms with van der Waals surface area (Å²) in [5.41, 5.74) is 7.35. The third-order valence-electron chi connectivity index (χ3n) is 3.63. The van der Waals surface area contributed by atoms with E-state index >= 15 is 0 Å². The molecule has 6 nitrogen and oxygen atoms in total. The highest BCUT2D eigenvalue weighted by molar-refractivity contribution is 5.93. The average molecular weight is 291 g/mol. The number of nitrogens with zero attached hydrogens (tertiary/aromatic N) is 1. The van der Waals surface area contributed by atoms with Gasteiger partial charge in [-0.25, -0.2) is 4.79 Å². The van der Waals surface area contributed by atoms with Gasteiger partial charge in [0.05, 0.1) is 24.0 Å². The molecule has 1 aliphatic rings. The molecule has 1 atom stereocenters. The second-order valence-electron chi connectivity index (χ2n) is 5.19. The lowest BCUT2D eigenvalue weighted by atomic mass is 10.1.